The topological polar surface area (TPSA) is 26.0 Å². The summed E-state index contributed by atoms with van der Waals surface area (Å²) in [7, 11) is 0. The van der Waals surface area contributed by atoms with Crippen LogP contribution in [-0.2, 0) is 0 Å². The van der Waals surface area contributed by atoms with Crippen molar-refractivity contribution < 1.29 is 0 Å². The van der Waals surface area contributed by atoms with Crippen LogP contribution in [0.2, 0.25) is 0 Å². The van der Waals surface area contributed by atoms with Crippen molar-refractivity contribution >= 4 is 0 Å². The Morgan fingerprint density at radius 2 is 1.89 bits per heavy atom. The summed E-state index contributed by atoms with van der Waals surface area (Å²) in [6, 6.07) is 0. The number of nitrogens with two attached hydrogens (primary N) is 1. The molecule has 0 saturated heterocycles. The van der Waals surface area contributed by atoms with Crippen LogP contribution in [-0.4, -0.2) is 6.54 Å². The number of fused-ring (bicyclic) bond motifs is 1. The van der Waals surface area contributed by atoms with Crippen LogP contribution >= 0.6 is 0 Å². The van der Waals surface area contributed by atoms with Gasteiger partial charge in [0.2, 0.25) is 0 Å². The van der Waals surface area contributed by atoms with Crippen molar-refractivity contribution in [3.63, 3.8) is 0 Å². The van der Waals surface area contributed by atoms with Crippen LogP contribution < -0.4 is 5.73 Å². The fourth-order valence-corrected chi connectivity index (χ4v) is 2.59. The van der Waals surface area contributed by atoms with E-state index >= 15 is 0 Å². The van der Waals surface area contributed by atoms with E-state index in [1.165, 1.54) is 25.7 Å². The van der Waals surface area contributed by atoms with Gasteiger partial charge >= 0.3 is 0 Å². The van der Waals surface area contributed by atoms with Crippen LogP contribution in [0.3, 0.4) is 0 Å². The van der Waals surface area contributed by atoms with Crippen LogP contribution in [0, 0.1) is 17.8 Å². The lowest BCUT2D eigenvalue weighted by Gasteiger charge is -1.97. The van der Waals surface area contributed by atoms with Gasteiger partial charge in [-0.2, -0.15) is 0 Å². The van der Waals surface area contributed by atoms with Crippen molar-refractivity contribution in [2.24, 2.45) is 23.5 Å². The summed E-state index contributed by atoms with van der Waals surface area (Å²) < 4.78 is 0. The van der Waals surface area contributed by atoms with Crippen molar-refractivity contribution in [3.05, 3.63) is 0 Å². The molecule has 2 aliphatic rings. The van der Waals surface area contributed by atoms with Gasteiger partial charge in [-0.15, -0.1) is 0 Å². The molecule has 3 atom stereocenters. The summed E-state index contributed by atoms with van der Waals surface area (Å²) in [4.78, 5) is 0. The maximum Gasteiger partial charge on any atom is -0.00744 e. The summed E-state index contributed by atoms with van der Waals surface area (Å²) >= 11 is 0. The van der Waals surface area contributed by atoms with Crippen molar-refractivity contribution in [1.29, 1.82) is 0 Å². The number of rotatable bonds is 2. The van der Waals surface area contributed by atoms with Crippen molar-refractivity contribution in [2.75, 3.05) is 6.54 Å². The molecule has 0 aromatic heterocycles. The smallest absolute Gasteiger partial charge is 0.00744 e. The molecule has 0 heterocycles. The molecule has 2 saturated carbocycles. The first-order chi connectivity index (χ1) is 4.43. The standard InChI is InChI=1S/C8H15N/c9-5-4-8-6-2-1-3-7(6)8/h6-8H,1-5,9H2/t6-,7+,8?. The highest BCUT2D eigenvalue weighted by molar-refractivity contribution is 5.00. The lowest BCUT2D eigenvalue weighted by Crippen LogP contribution is -2.01. The third-order valence-corrected chi connectivity index (χ3v) is 3.08. The molecule has 2 N–H and O–H groups in total. The van der Waals surface area contributed by atoms with E-state index in [1.54, 1.807) is 0 Å². The highest BCUT2D eigenvalue weighted by Gasteiger charge is 2.51. The van der Waals surface area contributed by atoms with E-state index in [1.807, 2.05) is 0 Å². The van der Waals surface area contributed by atoms with Gasteiger partial charge in [0.1, 0.15) is 0 Å². The van der Waals surface area contributed by atoms with Crippen molar-refractivity contribution in [2.45, 2.75) is 25.7 Å². The zero-order valence-corrected chi connectivity index (χ0v) is 5.84. The summed E-state index contributed by atoms with van der Waals surface area (Å²) in [5.74, 6) is 3.30. The molecule has 0 bridgehead atoms. The second-order valence-electron chi connectivity index (χ2n) is 3.50. The van der Waals surface area contributed by atoms with Gasteiger partial charge in [0.25, 0.3) is 0 Å². The van der Waals surface area contributed by atoms with E-state index in [9.17, 15) is 0 Å². The molecule has 2 fully saturated rings. The number of hydrogen-bond acceptors (Lipinski definition) is 1. The van der Waals surface area contributed by atoms with E-state index in [0.29, 0.717) is 0 Å². The highest BCUT2D eigenvalue weighted by atomic mass is 14.6. The van der Waals surface area contributed by atoms with Crippen LogP contribution in [0.4, 0.5) is 0 Å². The van der Waals surface area contributed by atoms with Crippen molar-refractivity contribution in [1.82, 2.24) is 0 Å². The Kier molecular flexibility index (Phi) is 1.26. The quantitative estimate of drug-likeness (QED) is 0.593. The SMILES string of the molecule is NCCC1[C@H]2CCC[C@@H]12. The second kappa shape index (κ2) is 1.98. The van der Waals surface area contributed by atoms with Gasteiger partial charge in [0, 0.05) is 0 Å². The van der Waals surface area contributed by atoms with E-state index < -0.39 is 0 Å². The molecule has 0 aromatic carbocycles. The molecule has 0 amide bonds. The Bertz CT molecular complexity index is 101. The first-order valence-corrected chi connectivity index (χ1v) is 4.13. The molecule has 0 aromatic rings. The maximum atomic E-state index is 5.47. The van der Waals surface area contributed by atoms with E-state index in [0.717, 1.165) is 24.3 Å². The molecule has 2 rings (SSSR count). The van der Waals surface area contributed by atoms with Crippen LogP contribution in [0.5, 0.6) is 0 Å². The van der Waals surface area contributed by atoms with Gasteiger partial charge in [0.05, 0.1) is 0 Å². The van der Waals surface area contributed by atoms with E-state index in [2.05, 4.69) is 0 Å². The molecule has 0 spiro atoms. The molecule has 0 radical (unpaired) electrons. The molecule has 52 valence electrons. The maximum absolute atomic E-state index is 5.47. The van der Waals surface area contributed by atoms with Gasteiger partial charge in [-0.3, -0.25) is 0 Å². The Hall–Kier alpha value is -0.0400. The molecule has 9 heavy (non-hydrogen) atoms. The highest BCUT2D eigenvalue weighted by Crippen LogP contribution is 2.58. The molecule has 2 aliphatic carbocycles. The zero-order valence-electron chi connectivity index (χ0n) is 5.84. The minimum absolute atomic E-state index is 0.914. The summed E-state index contributed by atoms with van der Waals surface area (Å²) in [6.07, 6.45) is 5.82. The van der Waals surface area contributed by atoms with Crippen LogP contribution in [0.1, 0.15) is 25.7 Å². The lowest BCUT2D eigenvalue weighted by molar-refractivity contribution is 0.558. The molecule has 0 aliphatic heterocycles. The fourth-order valence-electron chi connectivity index (χ4n) is 2.59. The average Bonchev–Trinajstić information content (AvgIpc) is 2.39. The largest absolute Gasteiger partial charge is 0.330 e. The predicted octanol–water partition coefficient (Wildman–Crippen LogP) is 1.38. The molecular weight excluding hydrogens is 110 g/mol. The van der Waals surface area contributed by atoms with Crippen LogP contribution in [0.15, 0.2) is 0 Å². The normalized spacial score (nSPS) is 47.0. The minimum Gasteiger partial charge on any atom is -0.330 e. The molecule has 1 unspecified atom stereocenters. The monoisotopic (exact) mass is 125 g/mol. The second-order valence-corrected chi connectivity index (χ2v) is 3.50. The Morgan fingerprint density at radius 3 is 2.44 bits per heavy atom. The summed E-state index contributed by atoms with van der Waals surface area (Å²) in [5.41, 5.74) is 5.47. The molecular formula is C8H15N. The third-order valence-electron chi connectivity index (χ3n) is 3.08. The minimum atomic E-state index is 0.914. The Balaban J connectivity index is 1.81. The van der Waals surface area contributed by atoms with E-state index in [-0.39, 0.29) is 0 Å². The average molecular weight is 125 g/mol. The summed E-state index contributed by atoms with van der Waals surface area (Å²) in [6.45, 7) is 0.914. The van der Waals surface area contributed by atoms with Gasteiger partial charge in [-0.05, 0) is 43.6 Å². The van der Waals surface area contributed by atoms with Gasteiger partial charge in [-0.1, -0.05) is 6.42 Å². The van der Waals surface area contributed by atoms with Crippen molar-refractivity contribution in [3.8, 4) is 0 Å². The van der Waals surface area contributed by atoms with Gasteiger partial charge < -0.3 is 5.73 Å². The first-order valence-electron chi connectivity index (χ1n) is 4.13. The van der Waals surface area contributed by atoms with Gasteiger partial charge in [0.15, 0.2) is 0 Å². The third kappa shape index (κ3) is 0.787. The Labute approximate surface area is 56.6 Å². The zero-order chi connectivity index (χ0) is 6.27. The van der Waals surface area contributed by atoms with Crippen LogP contribution in [0.25, 0.3) is 0 Å². The van der Waals surface area contributed by atoms with E-state index in [4.69, 9.17) is 5.73 Å². The summed E-state index contributed by atoms with van der Waals surface area (Å²) in [5, 5.41) is 0. The fraction of sp³-hybridized carbons (Fsp3) is 1.00. The predicted molar refractivity (Wildman–Crippen MR) is 38.0 cm³/mol. The van der Waals surface area contributed by atoms with Gasteiger partial charge in [-0.25, -0.2) is 0 Å². The number of hydrogen-bond donors (Lipinski definition) is 1. The molecule has 1 heteroatoms. The molecule has 1 nitrogen and oxygen atoms in total. The lowest BCUT2D eigenvalue weighted by atomic mass is 10.1. The first kappa shape index (κ1) is 5.72. The Morgan fingerprint density at radius 1 is 1.22 bits per heavy atom.